The monoisotopic (exact) mass is 290 g/mol. The second kappa shape index (κ2) is 7.31. The fourth-order valence-corrected chi connectivity index (χ4v) is 2.40. The van der Waals surface area contributed by atoms with Crippen molar-refractivity contribution in [1.29, 1.82) is 0 Å². The van der Waals surface area contributed by atoms with Gasteiger partial charge in [0.05, 0.1) is 0 Å². The van der Waals surface area contributed by atoms with Crippen LogP contribution in [-0.2, 0) is 19.4 Å². The summed E-state index contributed by atoms with van der Waals surface area (Å²) in [6.07, 6.45) is 3.22. The number of halogens is 1. The maximum absolute atomic E-state index is 12.9. The standard InChI is InChI=1S/C16H23FN4/c1-12(2)10-21-16(19-11-20-21)8-14(9-18)7-13-3-5-15(17)6-4-13/h3-6,11-12,14H,7-10,18H2,1-2H3. The van der Waals surface area contributed by atoms with Gasteiger partial charge in [-0.3, -0.25) is 0 Å². The molecule has 2 aromatic rings. The molecule has 2 N–H and O–H groups in total. The minimum Gasteiger partial charge on any atom is -0.330 e. The molecule has 1 atom stereocenters. The van der Waals surface area contributed by atoms with Crippen LogP contribution >= 0.6 is 0 Å². The highest BCUT2D eigenvalue weighted by Gasteiger charge is 2.14. The van der Waals surface area contributed by atoms with Crippen LogP contribution in [0, 0.1) is 17.7 Å². The molecule has 5 heteroatoms. The van der Waals surface area contributed by atoms with Gasteiger partial charge >= 0.3 is 0 Å². The minimum atomic E-state index is -0.209. The Balaban J connectivity index is 2.02. The highest BCUT2D eigenvalue weighted by atomic mass is 19.1. The average Bonchev–Trinajstić information content (AvgIpc) is 2.87. The zero-order chi connectivity index (χ0) is 15.2. The Morgan fingerprint density at radius 3 is 2.52 bits per heavy atom. The van der Waals surface area contributed by atoms with Gasteiger partial charge in [0.1, 0.15) is 18.0 Å². The third-order valence-electron chi connectivity index (χ3n) is 3.48. The molecular weight excluding hydrogens is 267 g/mol. The van der Waals surface area contributed by atoms with E-state index < -0.39 is 0 Å². The third-order valence-corrected chi connectivity index (χ3v) is 3.48. The first-order valence-corrected chi connectivity index (χ1v) is 7.39. The van der Waals surface area contributed by atoms with Crippen molar-refractivity contribution in [1.82, 2.24) is 14.8 Å². The SMILES string of the molecule is CC(C)Cn1ncnc1CC(CN)Cc1ccc(F)cc1. The molecular formula is C16H23FN4. The van der Waals surface area contributed by atoms with Crippen LogP contribution in [-0.4, -0.2) is 21.3 Å². The van der Waals surface area contributed by atoms with E-state index in [1.165, 1.54) is 12.1 Å². The van der Waals surface area contributed by atoms with Crippen LogP contribution in [0.15, 0.2) is 30.6 Å². The predicted octanol–water partition coefficient (Wildman–Crippen LogP) is 2.43. The van der Waals surface area contributed by atoms with E-state index in [1.54, 1.807) is 6.33 Å². The van der Waals surface area contributed by atoms with E-state index in [9.17, 15) is 4.39 Å². The van der Waals surface area contributed by atoms with E-state index in [2.05, 4.69) is 23.9 Å². The summed E-state index contributed by atoms with van der Waals surface area (Å²) in [5, 5.41) is 4.28. The highest BCUT2D eigenvalue weighted by molar-refractivity contribution is 5.17. The molecule has 1 aromatic heterocycles. The number of hydrogen-bond acceptors (Lipinski definition) is 3. The Morgan fingerprint density at radius 1 is 1.19 bits per heavy atom. The lowest BCUT2D eigenvalue weighted by Gasteiger charge is -2.15. The van der Waals surface area contributed by atoms with Gasteiger partial charge in [0.25, 0.3) is 0 Å². The first-order chi connectivity index (χ1) is 10.1. The van der Waals surface area contributed by atoms with Gasteiger partial charge in [-0.25, -0.2) is 14.1 Å². The smallest absolute Gasteiger partial charge is 0.138 e. The fourth-order valence-electron chi connectivity index (χ4n) is 2.40. The summed E-state index contributed by atoms with van der Waals surface area (Å²) >= 11 is 0. The number of benzene rings is 1. The first kappa shape index (κ1) is 15.6. The quantitative estimate of drug-likeness (QED) is 0.852. The van der Waals surface area contributed by atoms with Crippen LogP contribution in [0.1, 0.15) is 25.2 Å². The van der Waals surface area contributed by atoms with E-state index in [4.69, 9.17) is 5.73 Å². The molecule has 114 valence electrons. The van der Waals surface area contributed by atoms with Crippen molar-refractivity contribution < 1.29 is 4.39 Å². The molecule has 21 heavy (non-hydrogen) atoms. The summed E-state index contributed by atoms with van der Waals surface area (Å²) in [5.41, 5.74) is 6.99. The zero-order valence-corrected chi connectivity index (χ0v) is 12.7. The van der Waals surface area contributed by atoms with Gasteiger partial charge < -0.3 is 5.73 Å². The van der Waals surface area contributed by atoms with Gasteiger partial charge in [-0.1, -0.05) is 26.0 Å². The summed E-state index contributed by atoms with van der Waals surface area (Å²) in [7, 11) is 0. The molecule has 1 aromatic carbocycles. The van der Waals surface area contributed by atoms with Gasteiger partial charge in [0.2, 0.25) is 0 Å². The van der Waals surface area contributed by atoms with Gasteiger partial charge in [0, 0.05) is 13.0 Å². The highest BCUT2D eigenvalue weighted by Crippen LogP contribution is 2.14. The topological polar surface area (TPSA) is 56.7 Å². The second-order valence-corrected chi connectivity index (χ2v) is 5.89. The van der Waals surface area contributed by atoms with Gasteiger partial charge in [-0.2, -0.15) is 5.10 Å². The molecule has 0 radical (unpaired) electrons. The van der Waals surface area contributed by atoms with Crippen LogP contribution < -0.4 is 5.73 Å². The molecule has 0 bridgehead atoms. The largest absolute Gasteiger partial charge is 0.330 e. The van der Waals surface area contributed by atoms with Crippen molar-refractivity contribution in [3.05, 3.63) is 47.8 Å². The molecule has 0 spiro atoms. The molecule has 2 rings (SSSR count). The first-order valence-electron chi connectivity index (χ1n) is 7.39. The van der Waals surface area contributed by atoms with Crippen molar-refractivity contribution in [2.24, 2.45) is 17.6 Å². The molecule has 0 aliphatic rings. The Kier molecular flexibility index (Phi) is 5.44. The summed E-state index contributed by atoms with van der Waals surface area (Å²) < 4.78 is 14.9. The minimum absolute atomic E-state index is 0.209. The van der Waals surface area contributed by atoms with Crippen molar-refractivity contribution >= 4 is 0 Å². The van der Waals surface area contributed by atoms with Gasteiger partial charge in [-0.05, 0) is 42.5 Å². The molecule has 1 unspecified atom stereocenters. The lowest BCUT2D eigenvalue weighted by Crippen LogP contribution is -2.22. The zero-order valence-electron chi connectivity index (χ0n) is 12.7. The molecule has 0 aliphatic carbocycles. The average molecular weight is 290 g/mol. The Labute approximate surface area is 125 Å². The Bertz CT molecular complexity index is 548. The maximum atomic E-state index is 12.9. The third kappa shape index (κ3) is 4.63. The number of aromatic nitrogens is 3. The molecule has 0 saturated carbocycles. The number of hydrogen-bond donors (Lipinski definition) is 1. The number of nitrogens with zero attached hydrogens (tertiary/aromatic N) is 3. The molecule has 1 heterocycles. The van der Waals surface area contributed by atoms with Crippen LogP contribution in [0.25, 0.3) is 0 Å². The normalized spacial score (nSPS) is 12.8. The van der Waals surface area contributed by atoms with Crippen molar-refractivity contribution in [2.75, 3.05) is 6.54 Å². The summed E-state index contributed by atoms with van der Waals surface area (Å²) in [4.78, 5) is 4.35. The summed E-state index contributed by atoms with van der Waals surface area (Å²) in [6, 6.07) is 6.61. The van der Waals surface area contributed by atoms with E-state index in [-0.39, 0.29) is 11.7 Å². The van der Waals surface area contributed by atoms with Crippen LogP contribution in [0.2, 0.25) is 0 Å². The number of nitrogens with two attached hydrogens (primary N) is 1. The molecule has 0 saturated heterocycles. The van der Waals surface area contributed by atoms with E-state index in [1.807, 2.05) is 16.8 Å². The van der Waals surface area contributed by atoms with E-state index >= 15 is 0 Å². The van der Waals surface area contributed by atoms with Crippen molar-refractivity contribution in [3.8, 4) is 0 Å². The van der Waals surface area contributed by atoms with Crippen LogP contribution in [0.3, 0.4) is 0 Å². The van der Waals surface area contributed by atoms with E-state index in [0.717, 1.165) is 30.8 Å². The van der Waals surface area contributed by atoms with E-state index in [0.29, 0.717) is 12.5 Å². The fraction of sp³-hybridized carbons (Fsp3) is 0.500. The molecule has 0 fully saturated rings. The summed E-state index contributed by atoms with van der Waals surface area (Å²) in [6.45, 7) is 5.75. The molecule has 0 aliphatic heterocycles. The summed E-state index contributed by atoms with van der Waals surface area (Å²) in [5.74, 6) is 1.57. The maximum Gasteiger partial charge on any atom is 0.138 e. The number of rotatable bonds is 7. The Morgan fingerprint density at radius 2 is 1.90 bits per heavy atom. The van der Waals surface area contributed by atoms with Crippen LogP contribution in [0.4, 0.5) is 4.39 Å². The molecule has 0 amide bonds. The predicted molar refractivity (Wildman–Crippen MR) is 81.2 cm³/mol. The lowest BCUT2D eigenvalue weighted by atomic mass is 9.96. The lowest BCUT2D eigenvalue weighted by molar-refractivity contribution is 0.439. The second-order valence-electron chi connectivity index (χ2n) is 5.89. The van der Waals surface area contributed by atoms with Gasteiger partial charge in [-0.15, -0.1) is 0 Å². The molecule has 4 nitrogen and oxygen atoms in total. The Hall–Kier alpha value is -1.75. The van der Waals surface area contributed by atoms with Crippen molar-refractivity contribution in [3.63, 3.8) is 0 Å². The van der Waals surface area contributed by atoms with Crippen molar-refractivity contribution in [2.45, 2.75) is 33.2 Å². The van der Waals surface area contributed by atoms with Gasteiger partial charge in [0.15, 0.2) is 0 Å². The van der Waals surface area contributed by atoms with Crippen LogP contribution in [0.5, 0.6) is 0 Å².